The summed E-state index contributed by atoms with van der Waals surface area (Å²) in [4.78, 5) is -0.130. The molecular formula is C34H27Cl2CrN8O8S2. The Labute approximate surface area is 337 Å². The van der Waals surface area contributed by atoms with Crippen LogP contribution in [0.3, 0.4) is 0 Å². The smallest absolute Gasteiger partial charge is 0.871 e. The Morgan fingerprint density at radius 1 is 0.582 bits per heavy atom. The number of aromatic nitrogens is 4. The fraction of sp³-hybridized carbons (Fsp3) is 0.118. The molecule has 0 atom stereocenters. The van der Waals surface area contributed by atoms with E-state index in [1.54, 1.807) is 62.4 Å². The molecule has 0 saturated heterocycles. The first-order chi connectivity index (χ1) is 25.3. The topological polar surface area (TPSA) is 246 Å². The number of halogens is 2. The van der Waals surface area contributed by atoms with Crippen molar-refractivity contribution in [3.8, 4) is 34.6 Å². The minimum Gasteiger partial charge on any atom is -0.871 e. The van der Waals surface area contributed by atoms with Crippen LogP contribution in [0, 0.1) is 13.8 Å². The van der Waals surface area contributed by atoms with Gasteiger partial charge in [0.1, 0.15) is 11.4 Å². The van der Waals surface area contributed by atoms with Gasteiger partial charge in [-0.2, -0.15) is 20.4 Å². The van der Waals surface area contributed by atoms with Gasteiger partial charge in [0.15, 0.2) is 19.7 Å². The van der Waals surface area contributed by atoms with Gasteiger partial charge in [-0.15, -0.1) is 10.2 Å². The summed E-state index contributed by atoms with van der Waals surface area (Å²) in [6.45, 7) is 3.14. The number of sulfone groups is 2. The molecule has 1 radical (unpaired) electrons. The van der Waals surface area contributed by atoms with Crippen molar-refractivity contribution >= 4 is 65.6 Å². The maximum Gasteiger partial charge on any atom is 3.00 e. The van der Waals surface area contributed by atoms with E-state index in [-0.39, 0.29) is 51.3 Å². The Hall–Kier alpha value is -5.29. The van der Waals surface area contributed by atoms with Gasteiger partial charge in [0.2, 0.25) is 0 Å². The number of azo groups is 2. The quantitative estimate of drug-likeness (QED) is 0.169. The molecular weight excluding hydrogens is 835 g/mol. The number of hydrogen-bond acceptors (Lipinski definition) is 14. The van der Waals surface area contributed by atoms with Gasteiger partial charge >= 0.3 is 18.8 Å². The van der Waals surface area contributed by atoms with Crippen LogP contribution in [-0.2, 0) is 37.0 Å². The third kappa shape index (κ3) is 10.1. The molecule has 21 heteroatoms. The first kappa shape index (κ1) is 42.5. The van der Waals surface area contributed by atoms with Gasteiger partial charge in [0, 0.05) is 34.3 Å². The zero-order valence-corrected chi connectivity index (χ0v) is 33.3. The summed E-state index contributed by atoms with van der Waals surface area (Å²) >= 11 is 11.9. The number of hydrogen-bond donors (Lipinski definition) is 0. The Bertz CT molecular complexity index is 2510. The number of nitrogens with zero attached hydrogens (tertiary/aromatic N) is 8. The monoisotopic (exact) mass is 861 g/mol. The van der Waals surface area contributed by atoms with Crippen LogP contribution in [0.25, 0.3) is 11.4 Å². The van der Waals surface area contributed by atoms with Crippen molar-refractivity contribution in [3.63, 3.8) is 0 Å². The second kappa shape index (κ2) is 17.0. The minimum absolute atomic E-state index is 0. The van der Waals surface area contributed by atoms with E-state index in [1.807, 2.05) is 0 Å². The van der Waals surface area contributed by atoms with Gasteiger partial charge in [-0.25, -0.2) is 26.2 Å². The summed E-state index contributed by atoms with van der Waals surface area (Å²) in [5.74, 6) is -2.10. The maximum absolute atomic E-state index is 12.6. The van der Waals surface area contributed by atoms with E-state index in [2.05, 4.69) is 30.7 Å². The van der Waals surface area contributed by atoms with E-state index < -0.39 is 42.9 Å². The van der Waals surface area contributed by atoms with Crippen molar-refractivity contribution in [1.82, 2.24) is 19.6 Å². The Morgan fingerprint density at radius 2 is 0.945 bits per heavy atom. The SMILES string of the molecule is Cc1nn(-c2cccc(Cl)c2)c([O-])c1N=Nc1cc(S(C)(=O)=O)ccc1[O-].Cc1nn(-c2cccc(Cl)c2)c([O-])c1N=Nc1cc(S(C)(=O)=O)ccc1[O-].[Cr+3].[H+]. The summed E-state index contributed by atoms with van der Waals surface area (Å²) in [6.07, 6.45) is 2.03. The summed E-state index contributed by atoms with van der Waals surface area (Å²) in [6, 6.07) is 19.9. The van der Waals surface area contributed by atoms with E-state index >= 15 is 0 Å². The van der Waals surface area contributed by atoms with Crippen molar-refractivity contribution in [2.24, 2.45) is 20.5 Å². The fourth-order valence-corrected chi connectivity index (χ4v) is 6.26. The Balaban J connectivity index is 0.000000290. The average molecular weight is 863 g/mol. The molecule has 0 aliphatic heterocycles. The van der Waals surface area contributed by atoms with Crippen LogP contribution in [0.2, 0.25) is 10.0 Å². The molecule has 0 N–H and O–H groups in total. The molecule has 6 rings (SSSR count). The predicted octanol–water partition coefficient (Wildman–Crippen LogP) is 5.71. The number of aryl methyl sites for hydroxylation is 2. The summed E-state index contributed by atoms with van der Waals surface area (Å²) < 4.78 is 48.7. The standard InChI is InChI=1S/2C17H15ClN4O4S.Cr/c2*1-10-16(17(24)22(21-10)12-5-3-4-11(18)8-12)20-19-14-9-13(27(2,25)26)6-7-15(14)23;/h2*3-9,23-24H,1-2H3;/q;;+3/p-3. The van der Waals surface area contributed by atoms with Crippen LogP contribution in [-0.4, -0.2) is 48.9 Å². The Kier molecular flexibility index (Phi) is 13.1. The van der Waals surface area contributed by atoms with E-state index in [0.717, 1.165) is 46.1 Å². The van der Waals surface area contributed by atoms with Crippen LogP contribution in [0.4, 0.5) is 22.7 Å². The Morgan fingerprint density at radius 3 is 1.27 bits per heavy atom. The van der Waals surface area contributed by atoms with Crippen LogP contribution in [0.5, 0.6) is 23.3 Å². The molecule has 0 saturated carbocycles. The summed E-state index contributed by atoms with van der Waals surface area (Å²) in [7, 11) is -7.02. The largest absolute Gasteiger partial charge is 3.00 e. The van der Waals surface area contributed by atoms with E-state index in [4.69, 9.17) is 23.2 Å². The molecule has 0 spiro atoms. The minimum atomic E-state index is -3.51. The molecule has 2 aromatic heterocycles. The molecule has 0 aliphatic carbocycles. The zero-order valence-electron chi connectivity index (χ0n) is 29.9. The zero-order chi connectivity index (χ0) is 39.5. The first-order valence-electron chi connectivity index (χ1n) is 15.2. The third-order valence-corrected chi connectivity index (χ3v) is 10.0. The maximum atomic E-state index is 12.6. The second-order valence-corrected chi connectivity index (χ2v) is 16.4. The van der Waals surface area contributed by atoms with Crippen molar-refractivity contribution in [3.05, 3.63) is 106 Å². The predicted molar refractivity (Wildman–Crippen MR) is 193 cm³/mol. The van der Waals surface area contributed by atoms with Crippen molar-refractivity contribution in [2.45, 2.75) is 23.6 Å². The summed E-state index contributed by atoms with van der Waals surface area (Å²) in [5.41, 5.74) is 1.03. The van der Waals surface area contributed by atoms with Crippen molar-refractivity contribution in [2.75, 3.05) is 12.5 Å². The van der Waals surface area contributed by atoms with Crippen LogP contribution in [0.15, 0.2) is 115 Å². The van der Waals surface area contributed by atoms with Crippen molar-refractivity contribution in [1.29, 1.82) is 0 Å². The molecule has 55 heavy (non-hydrogen) atoms. The molecule has 0 unspecified atom stereocenters. The van der Waals surface area contributed by atoms with E-state index in [9.17, 15) is 37.3 Å². The number of rotatable bonds is 8. The molecule has 2 heterocycles. The average Bonchev–Trinajstić information content (AvgIpc) is 3.55. The molecule has 0 fully saturated rings. The van der Waals surface area contributed by atoms with Gasteiger partial charge in [0.05, 0.1) is 43.9 Å². The molecule has 0 aliphatic rings. The fourth-order valence-electron chi connectivity index (χ4n) is 4.61. The second-order valence-electron chi connectivity index (χ2n) is 11.5. The normalized spacial score (nSPS) is 11.7. The molecule has 0 amide bonds. The molecule has 4 aromatic carbocycles. The van der Waals surface area contributed by atoms with Gasteiger partial charge in [-0.3, -0.25) is 0 Å². The van der Waals surface area contributed by atoms with Gasteiger partial charge in [-0.1, -0.05) is 59.0 Å². The molecule has 16 nitrogen and oxygen atoms in total. The van der Waals surface area contributed by atoms with Gasteiger partial charge < -0.3 is 20.4 Å². The van der Waals surface area contributed by atoms with Crippen LogP contribution >= 0.6 is 23.2 Å². The van der Waals surface area contributed by atoms with Crippen LogP contribution < -0.4 is 20.4 Å². The van der Waals surface area contributed by atoms with E-state index in [1.165, 1.54) is 12.1 Å². The molecule has 6 aromatic rings. The summed E-state index contributed by atoms with van der Waals surface area (Å²) in [5, 5.41) is 73.2. The van der Waals surface area contributed by atoms with Crippen molar-refractivity contribution < 1.29 is 56.0 Å². The molecule has 0 bridgehead atoms. The third-order valence-electron chi connectivity index (χ3n) is 7.31. The van der Waals surface area contributed by atoms with Gasteiger partial charge in [-0.05, 0) is 74.5 Å². The molecule has 283 valence electrons. The number of benzene rings is 4. The van der Waals surface area contributed by atoms with Gasteiger partial charge in [0.25, 0.3) is 0 Å². The van der Waals surface area contributed by atoms with Crippen LogP contribution in [0.1, 0.15) is 12.8 Å². The van der Waals surface area contributed by atoms with E-state index in [0.29, 0.717) is 32.8 Å². The first-order valence-corrected chi connectivity index (χ1v) is 19.8.